The van der Waals surface area contributed by atoms with Gasteiger partial charge in [-0.25, -0.2) is 0 Å². The van der Waals surface area contributed by atoms with Crippen molar-refractivity contribution in [1.82, 2.24) is 10.3 Å². The minimum atomic E-state index is -0.568. The van der Waals surface area contributed by atoms with Crippen molar-refractivity contribution >= 4 is 11.6 Å². The first-order valence-electron chi connectivity index (χ1n) is 5.26. The Kier molecular flexibility index (Phi) is 4.65. The van der Waals surface area contributed by atoms with E-state index in [0.29, 0.717) is 13.0 Å². The van der Waals surface area contributed by atoms with Gasteiger partial charge in [0.25, 0.3) is 11.6 Å². The third-order valence-electron chi connectivity index (χ3n) is 2.36. The molecule has 0 spiro atoms. The Labute approximate surface area is 98.0 Å². The summed E-state index contributed by atoms with van der Waals surface area (Å²) in [6.45, 7) is 2.39. The van der Waals surface area contributed by atoms with Crippen LogP contribution in [0.3, 0.4) is 0 Å². The van der Waals surface area contributed by atoms with Crippen molar-refractivity contribution in [3.05, 3.63) is 28.1 Å². The Morgan fingerprint density at radius 3 is 2.94 bits per heavy atom. The molecule has 0 aromatic carbocycles. The molecule has 1 aromatic rings. The molecule has 0 fully saturated rings. The summed E-state index contributed by atoms with van der Waals surface area (Å²) in [6, 6.07) is 1.19. The van der Waals surface area contributed by atoms with Gasteiger partial charge >= 0.3 is 0 Å². The van der Waals surface area contributed by atoms with Crippen LogP contribution in [0.15, 0.2) is 12.3 Å². The maximum atomic E-state index is 11.6. The predicted molar refractivity (Wildman–Crippen MR) is 60.6 cm³/mol. The lowest BCUT2D eigenvalue weighted by Gasteiger charge is -2.09. The van der Waals surface area contributed by atoms with Crippen molar-refractivity contribution in [2.75, 3.05) is 13.2 Å². The summed E-state index contributed by atoms with van der Waals surface area (Å²) in [5.41, 5.74) is 0.0199. The molecule has 3 N–H and O–H groups in total. The highest BCUT2D eigenvalue weighted by atomic mass is 16.6. The Morgan fingerprint density at radius 1 is 1.71 bits per heavy atom. The van der Waals surface area contributed by atoms with Gasteiger partial charge in [-0.1, -0.05) is 6.92 Å². The molecule has 0 saturated heterocycles. The molecule has 1 heterocycles. The standard InChI is InChI=1S/C10H15N3O4/c1-7(2-3-14)5-12-10(15)9-4-8(6-11-9)13(16)17/h4,6-7,11,14H,2-3,5H2,1H3,(H,12,15). The largest absolute Gasteiger partial charge is 0.396 e. The number of H-pyrrole nitrogens is 1. The Bertz CT molecular complexity index is 402. The zero-order valence-electron chi connectivity index (χ0n) is 9.47. The zero-order chi connectivity index (χ0) is 12.8. The van der Waals surface area contributed by atoms with E-state index in [4.69, 9.17) is 5.11 Å². The van der Waals surface area contributed by atoms with Gasteiger partial charge in [0.15, 0.2) is 0 Å². The molecule has 1 unspecified atom stereocenters. The molecule has 0 aliphatic heterocycles. The highest BCUT2D eigenvalue weighted by Crippen LogP contribution is 2.11. The van der Waals surface area contributed by atoms with Crippen LogP contribution >= 0.6 is 0 Å². The maximum absolute atomic E-state index is 11.6. The first kappa shape index (κ1) is 13.2. The van der Waals surface area contributed by atoms with E-state index in [1.165, 1.54) is 12.3 Å². The number of rotatable bonds is 6. The van der Waals surface area contributed by atoms with Crippen molar-refractivity contribution in [2.24, 2.45) is 5.92 Å². The van der Waals surface area contributed by atoms with E-state index in [1.54, 1.807) is 0 Å². The highest BCUT2D eigenvalue weighted by molar-refractivity contribution is 5.93. The lowest BCUT2D eigenvalue weighted by molar-refractivity contribution is -0.384. The minimum Gasteiger partial charge on any atom is -0.396 e. The third-order valence-corrected chi connectivity index (χ3v) is 2.36. The van der Waals surface area contributed by atoms with Crippen molar-refractivity contribution in [2.45, 2.75) is 13.3 Å². The van der Waals surface area contributed by atoms with Crippen LogP contribution in [0.5, 0.6) is 0 Å². The number of aromatic amines is 1. The normalized spacial score (nSPS) is 12.1. The second kappa shape index (κ2) is 6.00. The molecule has 1 rings (SSSR count). The summed E-state index contributed by atoms with van der Waals surface area (Å²) in [4.78, 5) is 23.9. The number of hydrogen-bond donors (Lipinski definition) is 3. The topological polar surface area (TPSA) is 108 Å². The number of nitrogens with one attached hydrogen (secondary N) is 2. The van der Waals surface area contributed by atoms with Crippen LogP contribution in [0.4, 0.5) is 5.69 Å². The van der Waals surface area contributed by atoms with E-state index in [1.807, 2.05) is 6.92 Å². The van der Waals surface area contributed by atoms with E-state index in [2.05, 4.69) is 10.3 Å². The van der Waals surface area contributed by atoms with Crippen LogP contribution < -0.4 is 5.32 Å². The number of aliphatic hydroxyl groups excluding tert-OH is 1. The van der Waals surface area contributed by atoms with Gasteiger partial charge < -0.3 is 15.4 Å². The van der Waals surface area contributed by atoms with Crippen LogP contribution in [-0.4, -0.2) is 34.1 Å². The van der Waals surface area contributed by atoms with Gasteiger partial charge in [0, 0.05) is 19.2 Å². The Morgan fingerprint density at radius 2 is 2.41 bits per heavy atom. The number of amides is 1. The molecule has 0 bridgehead atoms. The van der Waals surface area contributed by atoms with Crippen LogP contribution in [0.25, 0.3) is 0 Å². The maximum Gasteiger partial charge on any atom is 0.287 e. The summed E-state index contributed by atoms with van der Waals surface area (Å²) >= 11 is 0. The minimum absolute atomic E-state index is 0.0744. The Hall–Kier alpha value is -1.89. The number of carbonyl (C=O) groups excluding carboxylic acids is 1. The lowest BCUT2D eigenvalue weighted by Crippen LogP contribution is -2.28. The molecule has 1 aromatic heterocycles. The summed E-state index contributed by atoms with van der Waals surface area (Å²) in [5, 5.41) is 21.7. The van der Waals surface area contributed by atoms with Gasteiger partial charge in [0.1, 0.15) is 5.69 Å². The van der Waals surface area contributed by atoms with E-state index < -0.39 is 4.92 Å². The average Bonchev–Trinajstić information content (AvgIpc) is 2.75. The quantitative estimate of drug-likeness (QED) is 0.502. The molecule has 7 heteroatoms. The van der Waals surface area contributed by atoms with E-state index >= 15 is 0 Å². The first-order chi connectivity index (χ1) is 8.04. The van der Waals surface area contributed by atoms with Crippen LogP contribution in [0.1, 0.15) is 23.8 Å². The highest BCUT2D eigenvalue weighted by Gasteiger charge is 2.14. The molecular formula is C10H15N3O4. The smallest absolute Gasteiger partial charge is 0.287 e. The number of nitrogens with zero attached hydrogens (tertiary/aromatic N) is 1. The average molecular weight is 241 g/mol. The van der Waals surface area contributed by atoms with Crippen molar-refractivity contribution in [1.29, 1.82) is 0 Å². The molecule has 0 saturated carbocycles. The molecule has 0 aliphatic carbocycles. The molecule has 1 amide bonds. The van der Waals surface area contributed by atoms with Crippen molar-refractivity contribution in [3.63, 3.8) is 0 Å². The number of aromatic nitrogens is 1. The molecule has 7 nitrogen and oxygen atoms in total. The number of hydrogen-bond acceptors (Lipinski definition) is 4. The van der Waals surface area contributed by atoms with Crippen LogP contribution in [-0.2, 0) is 0 Å². The van der Waals surface area contributed by atoms with Gasteiger partial charge in [-0.3, -0.25) is 14.9 Å². The van der Waals surface area contributed by atoms with Crippen molar-refractivity contribution < 1.29 is 14.8 Å². The molecule has 0 radical (unpaired) electrons. The SMILES string of the molecule is CC(CCO)CNC(=O)c1cc([N+](=O)[O-])c[nH]1. The molecule has 1 atom stereocenters. The summed E-state index contributed by atoms with van der Waals surface area (Å²) in [7, 11) is 0. The number of aliphatic hydroxyl groups is 1. The van der Waals surface area contributed by atoms with Crippen molar-refractivity contribution in [3.8, 4) is 0 Å². The summed E-state index contributed by atoms with van der Waals surface area (Å²) in [5.74, 6) is -0.225. The van der Waals surface area contributed by atoms with E-state index in [0.717, 1.165) is 0 Å². The third kappa shape index (κ3) is 3.87. The Balaban J connectivity index is 2.49. The zero-order valence-corrected chi connectivity index (χ0v) is 9.47. The first-order valence-corrected chi connectivity index (χ1v) is 5.26. The molecule has 17 heavy (non-hydrogen) atoms. The van der Waals surface area contributed by atoms with E-state index in [-0.39, 0.29) is 29.8 Å². The van der Waals surface area contributed by atoms with Crippen LogP contribution in [0.2, 0.25) is 0 Å². The predicted octanol–water partition coefficient (Wildman–Crippen LogP) is 0.671. The van der Waals surface area contributed by atoms with Gasteiger partial charge in [-0.05, 0) is 12.3 Å². The second-order valence-corrected chi connectivity index (χ2v) is 3.86. The number of carbonyl (C=O) groups is 1. The van der Waals surface area contributed by atoms with Gasteiger partial charge in [-0.15, -0.1) is 0 Å². The molecular weight excluding hydrogens is 226 g/mol. The second-order valence-electron chi connectivity index (χ2n) is 3.86. The van der Waals surface area contributed by atoms with Gasteiger partial charge in [0.05, 0.1) is 11.1 Å². The van der Waals surface area contributed by atoms with E-state index in [9.17, 15) is 14.9 Å². The van der Waals surface area contributed by atoms with Gasteiger partial charge in [-0.2, -0.15) is 0 Å². The van der Waals surface area contributed by atoms with Crippen LogP contribution in [0, 0.1) is 16.0 Å². The fourth-order valence-corrected chi connectivity index (χ4v) is 1.30. The molecule has 0 aliphatic rings. The summed E-state index contributed by atoms with van der Waals surface area (Å²) in [6.07, 6.45) is 1.78. The monoisotopic (exact) mass is 241 g/mol. The molecule has 94 valence electrons. The summed E-state index contributed by atoms with van der Waals surface area (Å²) < 4.78 is 0. The fourth-order valence-electron chi connectivity index (χ4n) is 1.30. The lowest BCUT2D eigenvalue weighted by atomic mass is 10.1. The fraction of sp³-hybridized carbons (Fsp3) is 0.500. The van der Waals surface area contributed by atoms with Gasteiger partial charge in [0.2, 0.25) is 0 Å². The number of nitro groups is 1.